The maximum atomic E-state index is 10.6. The lowest BCUT2D eigenvalue weighted by molar-refractivity contribution is -0.192. The van der Waals surface area contributed by atoms with Crippen molar-refractivity contribution >= 4 is 29.2 Å². The number of nitrogens with zero attached hydrogens (tertiary/aromatic N) is 2. The fraction of sp³-hybridized carbons (Fsp3) is 0.517. The number of alkyl halides is 3. The third-order valence-electron chi connectivity index (χ3n) is 6.66. The molecule has 6 nitrogen and oxygen atoms in total. The summed E-state index contributed by atoms with van der Waals surface area (Å²) in [6, 6.07) is 11.4. The average molecular weight is 566 g/mol. The number of carbonyl (C=O) groups is 1. The molecule has 2 aromatic heterocycles. The van der Waals surface area contributed by atoms with E-state index in [1.807, 2.05) is 11.8 Å². The van der Waals surface area contributed by atoms with E-state index in [0.29, 0.717) is 6.04 Å². The Bertz CT molecular complexity index is 1220. The molecule has 4 rings (SSSR count). The number of ether oxygens (including phenoxy) is 1. The second-order valence-electron chi connectivity index (χ2n) is 9.80. The van der Waals surface area contributed by atoms with E-state index in [1.54, 1.807) is 7.11 Å². The second-order valence-corrected chi connectivity index (χ2v) is 10.9. The highest BCUT2D eigenvalue weighted by atomic mass is 32.2. The Morgan fingerprint density at radius 2 is 1.87 bits per heavy atom. The summed E-state index contributed by atoms with van der Waals surface area (Å²) in [5, 5.41) is 11.0. The molecule has 2 heterocycles. The molecule has 0 bridgehead atoms. The number of aryl methyl sites for hydroxylation is 1. The second kappa shape index (κ2) is 14.5. The molecule has 2 N–H and O–H groups in total. The molecule has 39 heavy (non-hydrogen) atoms. The average Bonchev–Trinajstić information content (AvgIpc) is 3.26. The minimum absolute atomic E-state index is 0.523. The Morgan fingerprint density at radius 3 is 2.51 bits per heavy atom. The zero-order valence-corrected chi connectivity index (χ0v) is 23.6. The highest BCUT2D eigenvalue weighted by molar-refractivity contribution is 7.99. The molecule has 1 aliphatic carbocycles. The van der Waals surface area contributed by atoms with Crippen molar-refractivity contribution in [3.63, 3.8) is 0 Å². The van der Waals surface area contributed by atoms with Crippen LogP contribution in [0.15, 0.2) is 41.4 Å². The number of anilines is 1. The first-order valence-corrected chi connectivity index (χ1v) is 14.5. The van der Waals surface area contributed by atoms with E-state index in [0.717, 1.165) is 34.2 Å². The number of pyridine rings is 1. The van der Waals surface area contributed by atoms with Gasteiger partial charge >= 0.3 is 12.1 Å². The Labute approximate surface area is 232 Å². The SMILES string of the molecule is CCCCCCSc1cc(-c2nc3cc(C)ccn3c2NC2CCCCC2)ccc1OC.O=C(O)C(F)(F)F. The molecular weight excluding hydrogens is 527 g/mol. The van der Waals surface area contributed by atoms with Crippen molar-refractivity contribution in [3.05, 3.63) is 42.1 Å². The molecule has 0 amide bonds. The molecule has 0 aliphatic heterocycles. The molecule has 10 heteroatoms. The van der Waals surface area contributed by atoms with Crippen molar-refractivity contribution in [1.29, 1.82) is 0 Å². The number of hydrogen-bond acceptors (Lipinski definition) is 5. The summed E-state index contributed by atoms with van der Waals surface area (Å²) in [5.74, 6) is 0.441. The Morgan fingerprint density at radius 1 is 1.15 bits per heavy atom. The highest BCUT2D eigenvalue weighted by Crippen LogP contribution is 2.37. The van der Waals surface area contributed by atoms with Gasteiger partial charge in [-0.2, -0.15) is 13.2 Å². The minimum Gasteiger partial charge on any atom is -0.496 e. The van der Waals surface area contributed by atoms with Crippen molar-refractivity contribution in [2.24, 2.45) is 0 Å². The third-order valence-corrected chi connectivity index (χ3v) is 7.79. The van der Waals surface area contributed by atoms with Crippen molar-refractivity contribution in [1.82, 2.24) is 9.38 Å². The molecule has 1 aromatic carbocycles. The maximum Gasteiger partial charge on any atom is 0.490 e. The van der Waals surface area contributed by atoms with Crippen molar-refractivity contribution in [2.75, 3.05) is 18.2 Å². The number of nitrogens with one attached hydrogen (secondary N) is 1. The zero-order valence-electron chi connectivity index (χ0n) is 22.8. The van der Waals surface area contributed by atoms with Gasteiger partial charge in [-0.15, -0.1) is 11.8 Å². The van der Waals surface area contributed by atoms with Gasteiger partial charge < -0.3 is 15.2 Å². The lowest BCUT2D eigenvalue weighted by Crippen LogP contribution is -2.23. The maximum absolute atomic E-state index is 10.6. The van der Waals surface area contributed by atoms with E-state index >= 15 is 0 Å². The van der Waals surface area contributed by atoms with Crippen LogP contribution in [-0.2, 0) is 4.79 Å². The predicted octanol–water partition coefficient (Wildman–Crippen LogP) is 8.37. The van der Waals surface area contributed by atoms with Crippen LogP contribution in [0.3, 0.4) is 0 Å². The topological polar surface area (TPSA) is 75.9 Å². The first kappa shape index (κ1) is 30.7. The van der Waals surface area contributed by atoms with Gasteiger partial charge in [0.05, 0.1) is 12.0 Å². The number of carboxylic acids is 1. The van der Waals surface area contributed by atoms with Crippen molar-refractivity contribution in [3.8, 4) is 17.0 Å². The summed E-state index contributed by atoms with van der Waals surface area (Å²) >= 11 is 1.90. The number of carboxylic acid groups (broad SMARTS) is 1. The number of benzene rings is 1. The summed E-state index contributed by atoms with van der Waals surface area (Å²) in [5.41, 5.74) is 4.43. The molecule has 0 spiro atoms. The summed E-state index contributed by atoms with van der Waals surface area (Å²) in [4.78, 5) is 15.2. The van der Waals surface area contributed by atoms with E-state index in [4.69, 9.17) is 19.6 Å². The number of hydrogen-bond donors (Lipinski definition) is 2. The largest absolute Gasteiger partial charge is 0.496 e. The van der Waals surface area contributed by atoms with Gasteiger partial charge in [0.2, 0.25) is 0 Å². The highest BCUT2D eigenvalue weighted by Gasteiger charge is 2.38. The van der Waals surface area contributed by atoms with Crippen LogP contribution in [0, 0.1) is 6.92 Å². The summed E-state index contributed by atoms with van der Waals surface area (Å²) in [6.45, 7) is 4.39. The number of thioether (sulfide) groups is 1. The molecule has 0 unspecified atom stereocenters. The summed E-state index contributed by atoms with van der Waals surface area (Å²) in [6.07, 6.45) is 8.64. The van der Waals surface area contributed by atoms with E-state index in [1.165, 1.54) is 68.2 Å². The number of fused-ring (bicyclic) bond motifs is 1. The summed E-state index contributed by atoms with van der Waals surface area (Å²) < 4.78 is 39.6. The van der Waals surface area contributed by atoms with Crippen LogP contribution in [-0.4, -0.2) is 45.5 Å². The fourth-order valence-electron chi connectivity index (χ4n) is 4.57. The van der Waals surface area contributed by atoms with Gasteiger partial charge in [0.25, 0.3) is 0 Å². The van der Waals surface area contributed by atoms with Crippen LogP contribution in [0.4, 0.5) is 19.0 Å². The van der Waals surface area contributed by atoms with Gasteiger partial charge in [-0.25, -0.2) is 9.78 Å². The van der Waals surface area contributed by atoms with E-state index in [9.17, 15) is 13.2 Å². The lowest BCUT2D eigenvalue weighted by Gasteiger charge is -2.24. The first-order valence-electron chi connectivity index (χ1n) is 13.5. The number of aliphatic carboxylic acids is 1. The van der Waals surface area contributed by atoms with Crippen molar-refractivity contribution in [2.45, 2.75) is 88.7 Å². The molecule has 214 valence electrons. The fourth-order valence-corrected chi connectivity index (χ4v) is 5.65. The quantitative estimate of drug-likeness (QED) is 0.190. The van der Waals surface area contributed by atoms with Gasteiger partial charge in [0.1, 0.15) is 22.9 Å². The molecule has 0 saturated heterocycles. The van der Waals surface area contributed by atoms with Crippen LogP contribution in [0.1, 0.15) is 70.3 Å². The van der Waals surface area contributed by atoms with E-state index in [2.05, 4.69) is 60.1 Å². The predicted molar refractivity (Wildman–Crippen MR) is 151 cm³/mol. The number of rotatable bonds is 10. The summed E-state index contributed by atoms with van der Waals surface area (Å²) in [7, 11) is 1.76. The zero-order chi connectivity index (χ0) is 28.4. The normalized spacial score (nSPS) is 14.1. The number of unbranched alkanes of at least 4 members (excludes halogenated alkanes) is 3. The molecule has 0 radical (unpaired) electrons. The molecule has 1 aliphatic rings. The van der Waals surface area contributed by atoms with Crippen LogP contribution in [0.5, 0.6) is 5.75 Å². The van der Waals surface area contributed by atoms with Crippen LogP contribution >= 0.6 is 11.8 Å². The number of methoxy groups -OCH3 is 1. The van der Waals surface area contributed by atoms with Gasteiger partial charge in [-0.1, -0.05) is 45.4 Å². The first-order chi connectivity index (χ1) is 18.6. The Kier molecular flexibility index (Phi) is 11.4. The molecule has 3 aromatic rings. The van der Waals surface area contributed by atoms with Gasteiger partial charge in [0.15, 0.2) is 0 Å². The van der Waals surface area contributed by atoms with Crippen molar-refractivity contribution < 1.29 is 27.8 Å². The minimum atomic E-state index is -5.08. The van der Waals surface area contributed by atoms with E-state index < -0.39 is 12.1 Å². The Hall–Kier alpha value is -2.88. The molecule has 0 atom stereocenters. The van der Waals surface area contributed by atoms with E-state index in [-0.39, 0.29) is 0 Å². The van der Waals surface area contributed by atoms with Gasteiger partial charge in [-0.05, 0) is 67.8 Å². The number of imidazole rings is 1. The standard InChI is InChI=1S/C27H37N3OS.C2HF3O2/c1-4-5-6-10-17-32-24-19-21(13-14-23(24)31-3)26-27(28-22-11-8-7-9-12-22)30-16-15-20(2)18-25(30)29-26;3-2(4,5)1(6)7/h13-16,18-19,22,28H,4-12,17H2,1-3H3;(H,6,7). The lowest BCUT2D eigenvalue weighted by atomic mass is 9.95. The van der Waals surface area contributed by atoms with Crippen LogP contribution < -0.4 is 10.1 Å². The number of aromatic nitrogens is 2. The van der Waals surface area contributed by atoms with Gasteiger partial charge in [0, 0.05) is 17.8 Å². The molecular formula is C29H38F3N3O3S. The van der Waals surface area contributed by atoms with Crippen LogP contribution in [0.25, 0.3) is 16.9 Å². The Balaban J connectivity index is 0.000000532. The third kappa shape index (κ3) is 8.81. The van der Waals surface area contributed by atoms with Crippen LogP contribution in [0.2, 0.25) is 0 Å². The number of halogens is 3. The monoisotopic (exact) mass is 565 g/mol. The molecule has 1 saturated carbocycles. The smallest absolute Gasteiger partial charge is 0.490 e. The van der Waals surface area contributed by atoms with Gasteiger partial charge in [-0.3, -0.25) is 4.40 Å². The molecule has 1 fully saturated rings.